The molecule has 0 saturated carbocycles. The fourth-order valence-electron chi connectivity index (χ4n) is 20.2. The first-order valence-electron chi connectivity index (χ1n) is 48.3. The molecule has 0 heterocycles. The van der Waals surface area contributed by atoms with Gasteiger partial charge in [-0.3, -0.25) is 0 Å². The average molecular weight is 2500 g/mol. The molecule has 2 N–H and O–H groups in total. The van der Waals surface area contributed by atoms with E-state index in [2.05, 4.69) is 439 Å². The van der Waals surface area contributed by atoms with Crippen molar-refractivity contribution in [2.45, 2.75) is 451 Å². The summed E-state index contributed by atoms with van der Waals surface area (Å²) in [5, 5.41) is 0. The summed E-state index contributed by atoms with van der Waals surface area (Å²) in [6.45, 7) is 140. The van der Waals surface area contributed by atoms with Crippen LogP contribution in [0.5, 0.6) is 0 Å². The molecule has 1 atom stereocenters. The third-order valence-corrected chi connectivity index (χ3v) is 144. The standard InChI is InChI=1S/C70H209NO32Si33/c1-104(2,3)72-106(7,8)74-107(9,10)75-108(11,12)76-109(13,14)77-110(15,16)78-111(17,18)79-112(19,20)80-113(21,22)81-114(23,24)82-115(25,26)83-116(27,28)84-117(29,30)85-118(31,32)86-119(33,34)87-120(35,36)88-121(37,38)89-122(39,40)90-123(41,42)91-124(43,44)92-125(45,46)93-126(47,48)94-127(49,50)95-128(51,52)96-129(53,54)97-130(55,56)98-131(57,58)99-132(59,60)100-133(61,62)101-134(63,64)102-135(65,66)103-136(67,70-68-69-71)73-105(4,5)6/h68-71H2,1-67H3. The topological polar surface area (TPSA) is 321 Å². The largest absolute Gasteiger partial charge is 0.437 e. The number of nitrogens with two attached hydrogens (primary N) is 1. The summed E-state index contributed by atoms with van der Waals surface area (Å²) in [4.78, 5) is 0. The molecule has 0 fully saturated rings. The molecule has 0 aliphatic heterocycles. The average Bonchev–Trinajstić information content (AvgIpc) is 0.797. The van der Waals surface area contributed by atoms with Crippen LogP contribution in [0.15, 0.2) is 0 Å². The molecule has 1 unspecified atom stereocenters. The molecule has 0 aromatic rings. The van der Waals surface area contributed by atoms with E-state index in [1.165, 1.54) is 0 Å². The van der Waals surface area contributed by atoms with E-state index < -0.39 is 282 Å². The van der Waals surface area contributed by atoms with Crippen molar-refractivity contribution in [3.8, 4) is 0 Å². The monoisotopic (exact) mass is 2500 g/mol. The minimum Gasteiger partial charge on any atom is -0.437 e. The van der Waals surface area contributed by atoms with Gasteiger partial charge in [0.15, 0.2) is 16.6 Å². The quantitative estimate of drug-likeness (QED) is 0.0553. The predicted molar refractivity (Wildman–Crippen MR) is 636 cm³/mol. The van der Waals surface area contributed by atoms with E-state index in [1.54, 1.807) is 0 Å². The van der Waals surface area contributed by atoms with Gasteiger partial charge < -0.3 is 137 Å². The van der Waals surface area contributed by atoms with E-state index in [0.29, 0.717) is 6.54 Å². The summed E-state index contributed by atoms with van der Waals surface area (Å²) in [5.74, 6) is 0. The SMILES string of the molecule is C[Si](C)(C)O[Si](C)(C)O[Si](C)(C)O[Si](C)(C)O[Si](C)(C)O[Si](C)(C)O[Si](C)(C)O[Si](C)(C)O[Si](C)(C)O[Si](C)(C)O[Si](C)(C)O[Si](C)(C)O[Si](C)(C)O[Si](C)(C)O[Si](C)(C)O[Si](C)(C)O[Si](C)(C)O[Si](C)(C)O[Si](C)(C)O[Si](C)(C)O[Si](C)(C)O[Si](C)(C)O[Si](C)(C)O[Si](C)(C)O[Si](C)(C)O[Si](C)(C)O[Si](C)(C)O[Si](C)(C)O[Si](C)(C)O[Si](C)(C)O[Si](C)(C)O[Si](C)(CCCN)O[Si](C)(C)C. The first kappa shape index (κ1) is 142. The summed E-state index contributed by atoms with van der Waals surface area (Å²) in [5.41, 5.74) is 5.97. The Labute approximate surface area is 868 Å². The van der Waals surface area contributed by atoms with Gasteiger partial charge in [-0.05, 0) is 458 Å². The number of hydrogen-bond acceptors (Lipinski definition) is 33. The Morgan fingerprint density at radius 3 is 0.250 bits per heavy atom. The molecule has 0 aromatic carbocycles. The van der Waals surface area contributed by atoms with Gasteiger partial charge in [-0.2, -0.15) is 0 Å². The molecule has 0 aliphatic carbocycles. The summed E-state index contributed by atoms with van der Waals surface area (Å²) >= 11 is 0. The van der Waals surface area contributed by atoms with Crippen molar-refractivity contribution in [3.63, 3.8) is 0 Å². The van der Waals surface area contributed by atoms with Crippen molar-refractivity contribution >= 4 is 282 Å². The molecule has 0 rings (SSSR count). The van der Waals surface area contributed by atoms with Crippen LogP contribution < -0.4 is 5.73 Å². The van der Waals surface area contributed by atoms with Gasteiger partial charge in [-0.15, -0.1) is 0 Å². The first-order chi connectivity index (χ1) is 58.2. The lowest BCUT2D eigenvalue weighted by Crippen LogP contribution is -2.63. The zero-order chi connectivity index (χ0) is 109. The smallest absolute Gasteiger partial charge is 0.315 e. The van der Waals surface area contributed by atoms with Crippen LogP contribution in [-0.4, -0.2) is 289 Å². The lowest BCUT2D eigenvalue weighted by molar-refractivity contribution is 0.242. The van der Waals surface area contributed by atoms with Crippen LogP contribution in [-0.2, 0) is 132 Å². The molecule has 0 aromatic heterocycles. The van der Waals surface area contributed by atoms with Crippen LogP contribution in [0.1, 0.15) is 6.42 Å². The van der Waals surface area contributed by atoms with Crippen molar-refractivity contribution < 1.29 is 132 Å². The summed E-state index contributed by atoms with van der Waals surface area (Å²) < 4.78 is 223. The van der Waals surface area contributed by atoms with Crippen LogP contribution in [0.4, 0.5) is 0 Å². The number of rotatable bonds is 67. The van der Waals surface area contributed by atoms with Crippen molar-refractivity contribution in [2.75, 3.05) is 6.54 Å². The van der Waals surface area contributed by atoms with Gasteiger partial charge in [0.2, 0.25) is 0 Å². The molecule has 33 nitrogen and oxygen atoms in total. The van der Waals surface area contributed by atoms with E-state index in [-0.39, 0.29) is 0 Å². The third kappa shape index (κ3) is 65.5. The zero-order valence-electron chi connectivity index (χ0n) is 99.3. The van der Waals surface area contributed by atoms with Gasteiger partial charge in [0, 0.05) is 0 Å². The maximum Gasteiger partial charge on any atom is 0.315 e. The van der Waals surface area contributed by atoms with Gasteiger partial charge in [-0.1, -0.05) is 0 Å². The lowest BCUT2D eigenvalue weighted by atomic mass is 10.5. The van der Waals surface area contributed by atoms with Crippen LogP contribution in [0.2, 0.25) is 445 Å². The second-order valence-corrected chi connectivity index (χ2v) is 173. The molecular weight excluding hydrogens is 2290 g/mol. The van der Waals surface area contributed by atoms with Gasteiger partial charge in [0.1, 0.15) is 0 Å². The van der Waals surface area contributed by atoms with Crippen molar-refractivity contribution in [1.29, 1.82) is 0 Å². The Kier molecular flexibility index (Phi) is 50.4. The summed E-state index contributed by atoms with van der Waals surface area (Å²) in [6, 6.07) is 0.814. The van der Waals surface area contributed by atoms with E-state index in [1.807, 2.05) is 0 Å². The second-order valence-electron chi connectivity index (χ2n) is 51.5. The van der Waals surface area contributed by atoms with E-state index in [9.17, 15) is 0 Å². The highest BCUT2D eigenvalue weighted by molar-refractivity contribution is 7.00. The first-order valence-corrected chi connectivity index (χ1v) is 142. The van der Waals surface area contributed by atoms with Gasteiger partial charge in [-0.25, -0.2) is 0 Å². The summed E-state index contributed by atoms with van der Waals surface area (Å²) in [6.07, 6.45) is 0.840. The van der Waals surface area contributed by atoms with Crippen LogP contribution in [0, 0.1) is 0 Å². The van der Waals surface area contributed by atoms with Crippen molar-refractivity contribution in [1.82, 2.24) is 0 Å². The third-order valence-electron chi connectivity index (χ3n) is 16.6. The minimum absolute atomic E-state index is 0.585. The molecule has 0 amide bonds. The molecule has 0 radical (unpaired) electrons. The Morgan fingerprint density at radius 2 is 0.176 bits per heavy atom. The Morgan fingerprint density at radius 1 is 0.103 bits per heavy atom. The Bertz CT molecular complexity index is 3570. The molecule has 66 heteroatoms. The highest BCUT2D eigenvalue weighted by atomic mass is 28.6. The molecule has 0 spiro atoms. The van der Waals surface area contributed by atoms with Crippen molar-refractivity contribution in [3.05, 3.63) is 0 Å². The maximum absolute atomic E-state index is 7.05. The highest BCUT2D eigenvalue weighted by Crippen LogP contribution is 2.40. The van der Waals surface area contributed by atoms with Gasteiger partial charge in [0.05, 0.1) is 0 Å². The minimum atomic E-state index is -2.95. The lowest BCUT2D eigenvalue weighted by Gasteiger charge is -2.45. The normalized spacial score (nSPS) is 16.6. The Hall–Kier alpha value is 5.84. The molecule has 0 aliphatic rings. The molecular formula is C70H209NO32Si33. The fraction of sp³-hybridized carbons (Fsp3) is 1.00. The van der Waals surface area contributed by atoms with E-state index >= 15 is 0 Å². The molecule has 136 heavy (non-hydrogen) atoms. The maximum atomic E-state index is 7.05. The summed E-state index contributed by atoms with van der Waals surface area (Å²) in [7, 11) is -92.6. The highest BCUT2D eigenvalue weighted by Gasteiger charge is 2.59. The van der Waals surface area contributed by atoms with E-state index in [0.717, 1.165) is 12.5 Å². The van der Waals surface area contributed by atoms with Crippen molar-refractivity contribution in [2.24, 2.45) is 5.73 Å². The van der Waals surface area contributed by atoms with Gasteiger partial charge in [0.25, 0.3) is 0 Å². The molecule has 0 bridgehead atoms. The van der Waals surface area contributed by atoms with Crippen LogP contribution in [0.25, 0.3) is 0 Å². The number of hydrogen-bond donors (Lipinski definition) is 1. The Balaban J connectivity index is 6.01. The van der Waals surface area contributed by atoms with Crippen LogP contribution >= 0.6 is 0 Å². The fourth-order valence-corrected chi connectivity index (χ4v) is 191. The predicted octanol–water partition coefficient (Wildman–Crippen LogP) is 24.7. The van der Waals surface area contributed by atoms with Crippen LogP contribution in [0.3, 0.4) is 0 Å². The molecule has 818 valence electrons. The van der Waals surface area contributed by atoms with E-state index in [4.69, 9.17) is 137 Å². The molecule has 0 saturated heterocycles. The van der Waals surface area contributed by atoms with Gasteiger partial charge >= 0.3 is 265 Å². The zero-order valence-corrected chi connectivity index (χ0v) is 132. The second kappa shape index (κ2) is 48.3.